The molecule has 1 aromatic heterocycles. The van der Waals surface area contributed by atoms with Gasteiger partial charge in [0.1, 0.15) is 0 Å². The second-order valence-corrected chi connectivity index (χ2v) is 3.21. The summed E-state index contributed by atoms with van der Waals surface area (Å²) in [4.78, 5) is 4.12. The topological polar surface area (TPSA) is 45.9 Å². The van der Waals surface area contributed by atoms with Crippen LogP contribution in [0.1, 0.15) is 5.56 Å². The van der Waals surface area contributed by atoms with E-state index in [1.807, 2.05) is 24.3 Å². The second-order valence-electron chi connectivity index (χ2n) is 3.21. The smallest absolute Gasteiger partial charge is 0.221 e. The third-order valence-electron chi connectivity index (χ3n) is 2.27. The van der Waals surface area contributed by atoms with Gasteiger partial charge in [-0.25, -0.2) is 4.98 Å². The summed E-state index contributed by atoms with van der Waals surface area (Å²) in [6.07, 6.45) is 2.12. The Balaban J connectivity index is 2.63. The largest absolute Gasteiger partial charge is 0.481 e. The predicted octanol–water partition coefficient (Wildman–Crippen LogP) is 2.31. The van der Waals surface area contributed by atoms with E-state index in [2.05, 4.69) is 11.1 Å². The molecular weight excluding hydrogens is 188 g/mol. The molecule has 3 heteroatoms. The molecule has 1 aromatic carbocycles. The molecule has 1 heterocycles. The normalized spacial score (nSPS) is 9.87. The van der Waals surface area contributed by atoms with Crippen LogP contribution < -0.4 is 4.74 Å². The van der Waals surface area contributed by atoms with E-state index in [0.29, 0.717) is 12.3 Å². The third-order valence-corrected chi connectivity index (χ3v) is 2.27. The average Bonchev–Trinajstić information content (AvgIpc) is 2.28. The number of benzene rings is 1. The number of nitrogens with zero attached hydrogens (tertiary/aromatic N) is 2. The molecule has 0 aliphatic heterocycles. The first-order valence-corrected chi connectivity index (χ1v) is 4.63. The summed E-state index contributed by atoms with van der Waals surface area (Å²) < 4.78 is 5.17. The molecule has 0 fully saturated rings. The zero-order chi connectivity index (χ0) is 10.7. The third kappa shape index (κ3) is 1.75. The van der Waals surface area contributed by atoms with Gasteiger partial charge in [-0.3, -0.25) is 0 Å². The van der Waals surface area contributed by atoms with Crippen molar-refractivity contribution >= 4 is 10.8 Å². The van der Waals surface area contributed by atoms with E-state index < -0.39 is 0 Å². The number of aromatic nitrogens is 1. The monoisotopic (exact) mass is 198 g/mol. The fourth-order valence-corrected chi connectivity index (χ4v) is 1.55. The van der Waals surface area contributed by atoms with Gasteiger partial charge in [-0.2, -0.15) is 5.26 Å². The van der Waals surface area contributed by atoms with Crippen molar-refractivity contribution < 1.29 is 4.74 Å². The number of nitriles is 1. The molecule has 2 aromatic rings. The van der Waals surface area contributed by atoms with Gasteiger partial charge in [0.25, 0.3) is 0 Å². The minimum absolute atomic E-state index is 0.411. The molecule has 0 aliphatic carbocycles. The Hall–Kier alpha value is -2.08. The number of hydrogen-bond acceptors (Lipinski definition) is 3. The van der Waals surface area contributed by atoms with E-state index in [1.165, 1.54) is 0 Å². The first kappa shape index (κ1) is 9.47. The Morgan fingerprint density at radius 3 is 3.00 bits per heavy atom. The molecule has 0 saturated heterocycles. The highest BCUT2D eigenvalue weighted by atomic mass is 16.5. The fourth-order valence-electron chi connectivity index (χ4n) is 1.55. The number of fused-ring (bicyclic) bond motifs is 1. The molecular formula is C12H10N2O. The summed E-state index contributed by atoms with van der Waals surface area (Å²) in [5.41, 5.74) is 0.983. The van der Waals surface area contributed by atoms with Crippen LogP contribution in [0.5, 0.6) is 5.88 Å². The summed E-state index contributed by atoms with van der Waals surface area (Å²) in [6, 6.07) is 9.93. The maximum absolute atomic E-state index is 8.62. The van der Waals surface area contributed by atoms with Crippen LogP contribution in [0.15, 0.2) is 30.5 Å². The summed E-state index contributed by atoms with van der Waals surface area (Å²) in [5, 5.41) is 10.6. The molecule has 0 atom stereocenters. The number of rotatable bonds is 2. The van der Waals surface area contributed by atoms with Gasteiger partial charge in [0.15, 0.2) is 0 Å². The first-order chi connectivity index (χ1) is 7.35. The zero-order valence-corrected chi connectivity index (χ0v) is 8.40. The standard InChI is InChI=1S/C12H10N2O/c1-15-12-11-8-9(4-6-13)2-3-10(11)5-7-14-12/h2-3,5,7-8H,4H2,1H3. The highest BCUT2D eigenvalue weighted by Crippen LogP contribution is 2.23. The van der Waals surface area contributed by atoms with Gasteiger partial charge in [-0.05, 0) is 23.1 Å². The van der Waals surface area contributed by atoms with E-state index in [9.17, 15) is 0 Å². The van der Waals surface area contributed by atoms with Gasteiger partial charge in [0.05, 0.1) is 19.6 Å². The van der Waals surface area contributed by atoms with Gasteiger partial charge in [-0.1, -0.05) is 12.1 Å². The lowest BCUT2D eigenvalue weighted by molar-refractivity contribution is 0.403. The van der Waals surface area contributed by atoms with Crippen LogP contribution in [0.25, 0.3) is 10.8 Å². The lowest BCUT2D eigenvalue weighted by Crippen LogP contribution is -1.90. The van der Waals surface area contributed by atoms with Crippen LogP contribution in [0.2, 0.25) is 0 Å². The Labute approximate surface area is 87.9 Å². The molecule has 3 nitrogen and oxygen atoms in total. The summed E-state index contributed by atoms with van der Waals surface area (Å²) in [7, 11) is 1.60. The van der Waals surface area contributed by atoms with Crippen molar-refractivity contribution in [3.8, 4) is 11.9 Å². The summed E-state index contributed by atoms with van der Waals surface area (Å²) in [5.74, 6) is 0.604. The number of methoxy groups -OCH3 is 1. The van der Waals surface area contributed by atoms with Gasteiger partial charge >= 0.3 is 0 Å². The Morgan fingerprint density at radius 2 is 2.27 bits per heavy atom. The van der Waals surface area contributed by atoms with Crippen molar-refractivity contribution in [2.45, 2.75) is 6.42 Å². The molecule has 15 heavy (non-hydrogen) atoms. The number of ether oxygens (including phenoxy) is 1. The van der Waals surface area contributed by atoms with Crippen LogP contribution in [-0.4, -0.2) is 12.1 Å². The Morgan fingerprint density at radius 1 is 1.40 bits per heavy atom. The average molecular weight is 198 g/mol. The van der Waals surface area contributed by atoms with E-state index in [0.717, 1.165) is 16.3 Å². The van der Waals surface area contributed by atoms with Crippen LogP contribution in [0.3, 0.4) is 0 Å². The molecule has 0 spiro atoms. The van der Waals surface area contributed by atoms with Crippen molar-refractivity contribution in [1.82, 2.24) is 4.98 Å². The Bertz CT molecular complexity index is 529. The molecule has 74 valence electrons. The highest BCUT2D eigenvalue weighted by Gasteiger charge is 2.02. The molecule has 0 N–H and O–H groups in total. The maximum Gasteiger partial charge on any atom is 0.221 e. The van der Waals surface area contributed by atoms with Crippen molar-refractivity contribution in [3.63, 3.8) is 0 Å². The molecule has 0 bridgehead atoms. The maximum atomic E-state index is 8.62. The van der Waals surface area contributed by atoms with Crippen LogP contribution in [0, 0.1) is 11.3 Å². The van der Waals surface area contributed by atoms with Crippen molar-refractivity contribution in [1.29, 1.82) is 5.26 Å². The van der Waals surface area contributed by atoms with Crippen LogP contribution >= 0.6 is 0 Å². The van der Waals surface area contributed by atoms with Gasteiger partial charge in [-0.15, -0.1) is 0 Å². The zero-order valence-electron chi connectivity index (χ0n) is 8.40. The van der Waals surface area contributed by atoms with E-state index in [-0.39, 0.29) is 0 Å². The van der Waals surface area contributed by atoms with E-state index in [4.69, 9.17) is 10.00 Å². The Kier molecular flexibility index (Phi) is 2.51. The van der Waals surface area contributed by atoms with Crippen LogP contribution in [-0.2, 0) is 6.42 Å². The minimum Gasteiger partial charge on any atom is -0.481 e. The van der Waals surface area contributed by atoms with E-state index in [1.54, 1.807) is 13.3 Å². The molecule has 0 radical (unpaired) electrons. The van der Waals surface area contributed by atoms with E-state index >= 15 is 0 Å². The minimum atomic E-state index is 0.411. The lowest BCUT2D eigenvalue weighted by Gasteiger charge is -2.04. The van der Waals surface area contributed by atoms with Gasteiger partial charge in [0, 0.05) is 11.6 Å². The molecule has 0 unspecified atom stereocenters. The molecule has 0 saturated carbocycles. The highest BCUT2D eigenvalue weighted by molar-refractivity contribution is 5.87. The SMILES string of the molecule is COc1nccc2ccc(CC#N)cc12. The van der Waals surface area contributed by atoms with Gasteiger partial charge < -0.3 is 4.74 Å². The summed E-state index contributed by atoms with van der Waals surface area (Å²) >= 11 is 0. The molecule has 0 aliphatic rings. The van der Waals surface area contributed by atoms with Gasteiger partial charge in [0.2, 0.25) is 5.88 Å². The van der Waals surface area contributed by atoms with Crippen molar-refractivity contribution in [2.75, 3.05) is 7.11 Å². The first-order valence-electron chi connectivity index (χ1n) is 4.63. The second kappa shape index (κ2) is 3.97. The van der Waals surface area contributed by atoms with Crippen molar-refractivity contribution in [2.24, 2.45) is 0 Å². The predicted molar refractivity (Wildman–Crippen MR) is 57.6 cm³/mol. The molecule has 0 amide bonds. The number of pyridine rings is 1. The lowest BCUT2D eigenvalue weighted by atomic mass is 10.1. The van der Waals surface area contributed by atoms with Crippen LogP contribution in [0.4, 0.5) is 0 Å². The summed E-state index contributed by atoms with van der Waals surface area (Å²) in [6.45, 7) is 0. The molecule has 2 rings (SSSR count). The quantitative estimate of drug-likeness (QED) is 0.743. The number of hydrogen-bond donors (Lipinski definition) is 0. The van der Waals surface area contributed by atoms with Crippen molar-refractivity contribution in [3.05, 3.63) is 36.0 Å². The fraction of sp³-hybridized carbons (Fsp3) is 0.167.